The van der Waals surface area contributed by atoms with Gasteiger partial charge in [0, 0.05) is 31.6 Å². The molecule has 3 aliphatic heterocycles. The summed E-state index contributed by atoms with van der Waals surface area (Å²) < 4.78 is 35.8. The van der Waals surface area contributed by atoms with E-state index in [4.69, 9.17) is 21.1 Å². The molecule has 228 valence electrons. The highest BCUT2D eigenvalue weighted by Gasteiger charge is 2.49. The fraction of sp³-hybridized carbons (Fsp3) is 0.741. The van der Waals surface area contributed by atoms with Crippen molar-refractivity contribution in [3.63, 3.8) is 0 Å². The minimum absolute atomic E-state index is 0.164. The molecule has 0 aliphatic carbocycles. The number of carbonyl (C=O) groups is 1. The van der Waals surface area contributed by atoms with Crippen LogP contribution < -0.4 is 10.6 Å². The molecule has 5 N–H and O–H groups in total. The van der Waals surface area contributed by atoms with Gasteiger partial charge in [-0.2, -0.15) is 3.89 Å². The summed E-state index contributed by atoms with van der Waals surface area (Å²) in [5.41, 5.74) is 0.222. The van der Waals surface area contributed by atoms with Crippen LogP contribution >= 0.6 is 35.5 Å². The zero-order valence-electron chi connectivity index (χ0n) is 22.9. The first-order chi connectivity index (χ1) is 19.1. The smallest absolute Gasteiger partial charge is 0.240 e. The SMILES string of the molecule is CSC1O[C@H]([C@H](NC(=O)[C@H]2NC[C@@H]3C[C@@H](CCc4cccc(F)c4)CCO[C@H]32)[C@H](C)Cl)C(O)[C@@H](O)[C@H]1O.CSF. The maximum atomic E-state index is 13.5. The molecule has 2 unspecified atom stereocenters. The van der Waals surface area contributed by atoms with Gasteiger partial charge in [-0.3, -0.25) is 4.79 Å². The number of benzene rings is 1. The quantitative estimate of drug-likeness (QED) is 0.278. The lowest BCUT2D eigenvalue weighted by Gasteiger charge is -2.44. The second-order valence-electron chi connectivity index (χ2n) is 10.6. The number of halogens is 3. The van der Waals surface area contributed by atoms with Crippen molar-refractivity contribution in [1.29, 1.82) is 0 Å². The second kappa shape index (κ2) is 16.2. The third kappa shape index (κ3) is 8.67. The molecule has 1 amide bonds. The standard InChI is InChI=1S/C26H38ClFN2O6S.CH3FS/c1-13(27)18(24-21(32)20(31)22(33)26(36-24)37-2)30-25(34)19-23-16(12-29-19)10-15(8-9-35-23)7-6-14-4-3-5-17(28)11-14;1-3-2/h3-5,11,13,15-16,18-24,26,29,31-33H,6-10,12H2,1-2H3,(H,30,34);1H3/t13-,15-,16-,18+,19-,20+,21?,22+,23+,24+,26?;/m0./s1. The maximum Gasteiger partial charge on any atom is 0.240 e. The van der Waals surface area contributed by atoms with E-state index in [1.807, 2.05) is 6.07 Å². The van der Waals surface area contributed by atoms with E-state index in [2.05, 4.69) is 10.6 Å². The van der Waals surface area contributed by atoms with Crippen LogP contribution in [-0.4, -0.2) is 100 Å². The van der Waals surface area contributed by atoms with E-state index < -0.39 is 47.3 Å². The van der Waals surface area contributed by atoms with Gasteiger partial charge in [0.15, 0.2) is 0 Å². The van der Waals surface area contributed by atoms with Crippen LogP contribution in [0.25, 0.3) is 0 Å². The number of amides is 1. The summed E-state index contributed by atoms with van der Waals surface area (Å²) >= 11 is 7.87. The fourth-order valence-corrected chi connectivity index (χ4v) is 6.68. The number of thioether (sulfide) groups is 1. The van der Waals surface area contributed by atoms with Crippen molar-refractivity contribution in [2.45, 2.75) is 86.0 Å². The molecule has 0 saturated carbocycles. The average Bonchev–Trinajstić information content (AvgIpc) is 3.20. The lowest BCUT2D eigenvalue weighted by molar-refractivity contribution is -0.205. The molecule has 8 nitrogen and oxygen atoms in total. The normalized spacial score (nSPS) is 35.5. The fourth-order valence-electron chi connectivity index (χ4n) is 5.79. The Morgan fingerprint density at radius 1 is 1.25 bits per heavy atom. The Bertz CT molecular complexity index is 939. The van der Waals surface area contributed by atoms with Gasteiger partial charge in [0.2, 0.25) is 5.91 Å². The van der Waals surface area contributed by atoms with Crippen molar-refractivity contribution in [3.8, 4) is 0 Å². The molecule has 3 saturated heterocycles. The summed E-state index contributed by atoms with van der Waals surface area (Å²) in [6.45, 7) is 2.87. The predicted molar refractivity (Wildman–Crippen MR) is 155 cm³/mol. The molecule has 3 aliphatic rings. The van der Waals surface area contributed by atoms with E-state index in [9.17, 15) is 28.4 Å². The molecule has 0 bridgehead atoms. The van der Waals surface area contributed by atoms with Crippen LogP contribution in [0.2, 0.25) is 0 Å². The number of hydrogen-bond donors (Lipinski definition) is 5. The van der Waals surface area contributed by atoms with E-state index in [-0.39, 0.29) is 35.9 Å². The van der Waals surface area contributed by atoms with Gasteiger partial charge in [0.25, 0.3) is 0 Å². The Hall–Kier alpha value is -0.700. The lowest BCUT2D eigenvalue weighted by atomic mass is 9.86. The maximum absolute atomic E-state index is 13.5. The van der Waals surface area contributed by atoms with Gasteiger partial charge >= 0.3 is 0 Å². The van der Waals surface area contributed by atoms with Crippen LogP contribution in [0.1, 0.15) is 31.7 Å². The Labute approximate surface area is 248 Å². The van der Waals surface area contributed by atoms with Crippen molar-refractivity contribution < 1.29 is 37.9 Å². The first-order valence-corrected chi connectivity index (χ1v) is 16.4. The molecule has 0 spiro atoms. The molecule has 40 heavy (non-hydrogen) atoms. The van der Waals surface area contributed by atoms with Crippen LogP contribution in [0.4, 0.5) is 8.28 Å². The Balaban J connectivity index is 0.00000141. The first kappa shape index (κ1) is 33.8. The number of carbonyl (C=O) groups excluding carboxylic acids is 1. The minimum Gasteiger partial charge on any atom is -0.388 e. The third-order valence-corrected chi connectivity index (χ3v) is 9.00. The van der Waals surface area contributed by atoms with Crippen molar-refractivity contribution >= 4 is 41.4 Å². The van der Waals surface area contributed by atoms with Gasteiger partial charge in [0.1, 0.15) is 41.7 Å². The Kier molecular flexibility index (Phi) is 13.7. The van der Waals surface area contributed by atoms with Gasteiger partial charge in [0.05, 0.1) is 17.5 Å². The minimum atomic E-state index is -1.42. The highest BCUT2D eigenvalue weighted by Crippen LogP contribution is 2.34. The number of rotatable bonds is 8. The van der Waals surface area contributed by atoms with Crippen molar-refractivity contribution in [2.75, 3.05) is 25.7 Å². The molecule has 3 heterocycles. The molecule has 4 rings (SSSR count). The number of aliphatic hydroxyl groups is 3. The van der Waals surface area contributed by atoms with Crippen LogP contribution in [0.3, 0.4) is 0 Å². The Morgan fingerprint density at radius 3 is 2.62 bits per heavy atom. The van der Waals surface area contributed by atoms with E-state index in [0.29, 0.717) is 19.1 Å². The predicted octanol–water partition coefficient (Wildman–Crippen LogP) is 2.66. The topological polar surface area (TPSA) is 120 Å². The molecule has 13 heteroatoms. The third-order valence-electron chi connectivity index (χ3n) is 7.87. The number of alkyl halides is 1. The number of ether oxygens (including phenoxy) is 2. The number of aryl methyl sites for hydroxylation is 1. The average molecular weight is 627 g/mol. The zero-order valence-corrected chi connectivity index (χ0v) is 25.3. The van der Waals surface area contributed by atoms with E-state index in [1.165, 1.54) is 24.1 Å². The first-order valence-electron chi connectivity index (χ1n) is 13.5. The van der Waals surface area contributed by atoms with Gasteiger partial charge in [-0.15, -0.1) is 23.4 Å². The summed E-state index contributed by atoms with van der Waals surface area (Å²) in [7, 11) is 0. The molecular weight excluding hydrogens is 586 g/mol. The molecule has 0 radical (unpaired) electrons. The molecule has 1 aromatic carbocycles. The zero-order chi connectivity index (χ0) is 29.4. The lowest BCUT2D eigenvalue weighted by Crippen LogP contribution is -2.65. The van der Waals surface area contributed by atoms with Crippen LogP contribution in [0, 0.1) is 17.7 Å². The Morgan fingerprint density at radius 2 is 1.98 bits per heavy atom. The highest BCUT2D eigenvalue weighted by molar-refractivity contribution is 7.99. The number of nitrogens with one attached hydrogen (secondary N) is 2. The summed E-state index contributed by atoms with van der Waals surface area (Å²) in [4.78, 5) is 13.4. The van der Waals surface area contributed by atoms with E-state index in [0.717, 1.165) is 31.2 Å². The summed E-state index contributed by atoms with van der Waals surface area (Å²) in [6, 6.07) is 5.32. The molecule has 0 aromatic heterocycles. The second-order valence-corrected chi connectivity index (χ2v) is 12.5. The van der Waals surface area contributed by atoms with Crippen molar-refractivity contribution in [1.82, 2.24) is 10.6 Å². The monoisotopic (exact) mass is 626 g/mol. The molecule has 1 aromatic rings. The molecule has 11 atom stereocenters. The molecule has 3 fully saturated rings. The van der Waals surface area contributed by atoms with Crippen LogP contribution in [-0.2, 0) is 20.7 Å². The van der Waals surface area contributed by atoms with Gasteiger partial charge in [-0.25, -0.2) is 4.39 Å². The molecular formula is C27H41ClF2N2O6S2. The summed E-state index contributed by atoms with van der Waals surface area (Å²) in [5, 5.41) is 36.7. The van der Waals surface area contributed by atoms with Crippen molar-refractivity contribution in [3.05, 3.63) is 35.6 Å². The number of fused-ring (bicyclic) bond motifs is 1. The van der Waals surface area contributed by atoms with Crippen LogP contribution in [0.15, 0.2) is 24.3 Å². The summed E-state index contributed by atoms with van der Waals surface area (Å²) in [5.74, 6) is 0.0537. The van der Waals surface area contributed by atoms with Gasteiger partial charge < -0.3 is 35.4 Å². The van der Waals surface area contributed by atoms with Gasteiger partial charge in [-0.1, -0.05) is 12.1 Å². The van der Waals surface area contributed by atoms with Crippen LogP contribution in [0.5, 0.6) is 0 Å². The van der Waals surface area contributed by atoms with E-state index in [1.54, 1.807) is 25.3 Å². The number of hydrogen-bond acceptors (Lipinski definition) is 9. The highest BCUT2D eigenvalue weighted by atomic mass is 35.5. The largest absolute Gasteiger partial charge is 0.388 e. The number of aliphatic hydroxyl groups excluding tert-OH is 3. The van der Waals surface area contributed by atoms with E-state index >= 15 is 0 Å². The van der Waals surface area contributed by atoms with Gasteiger partial charge in [-0.05, 0) is 68.4 Å². The summed E-state index contributed by atoms with van der Waals surface area (Å²) in [6.07, 6.45) is 1.25. The van der Waals surface area contributed by atoms with Crippen molar-refractivity contribution in [2.24, 2.45) is 11.8 Å².